The third-order valence-electron chi connectivity index (χ3n) is 5.53. The third kappa shape index (κ3) is 5.26. The van der Waals surface area contributed by atoms with E-state index in [1.54, 1.807) is 19.1 Å². The van der Waals surface area contributed by atoms with Crippen LogP contribution in [-0.4, -0.2) is 69.7 Å². The highest BCUT2D eigenvalue weighted by molar-refractivity contribution is 7.91. The predicted molar refractivity (Wildman–Crippen MR) is 131 cm³/mol. The molecular weight excluding hydrogens is 526 g/mol. The molecule has 4 rings (SSSR count). The van der Waals surface area contributed by atoms with E-state index in [0.29, 0.717) is 16.5 Å². The van der Waals surface area contributed by atoms with Crippen molar-refractivity contribution in [1.29, 1.82) is 0 Å². The molecule has 0 bridgehead atoms. The van der Waals surface area contributed by atoms with E-state index in [1.807, 2.05) is 0 Å². The van der Waals surface area contributed by atoms with Crippen LogP contribution in [0.1, 0.15) is 30.4 Å². The molecule has 0 spiro atoms. The Morgan fingerprint density at radius 2 is 1.68 bits per heavy atom. The molecule has 0 amide bonds. The maximum atomic E-state index is 13.6. The molecule has 0 radical (unpaired) electrons. The molecule has 0 saturated carbocycles. The first-order chi connectivity index (χ1) is 17.7. The normalized spacial score (nSPS) is 13.4. The van der Waals surface area contributed by atoms with Gasteiger partial charge in [-0.1, -0.05) is 11.6 Å². The zero-order chi connectivity index (χ0) is 26.7. The van der Waals surface area contributed by atoms with Gasteiger partial charge in [0.25, 0.3) is 0 Å². The Bertz CT molecular complexity index is 1470. The van der Waals surface area contributed by atoms with Crippen LogP contribution in [-0.2, 0) is 20.3 Å². The van der Waals surface area contributed by atoms with Gasteiger partial charge in [0, 0.05) is 19.5 Å². The van der Waals surface area contributed by atoms with Gasteiger partial charge in [-0.3, -0.25) is 4.57 Å². The Morgan fingerprint density at radius 1 is 1.03 bits per heavy atom. The molecule has 15 heteroatoms. The lowest BCUT2D eigenvalue weighted by Gasteiger charge is -2.22. The summed E-state index contributed by atoms with van der Waals surface area (Å²) in [7, 11) is 0.283. The van der Waals surface area contributed by atoms with Gasteiger partial charge in [-0.2, -0.15) is 9.97 Å². The summed E-state index contributed by atoms with van der Waals surface area (Å²) in [5, 5.41) is 7.66. The van der Waals surface area contributed by atoms with Crippen molar-refractivity contribution in [3.63, 3.8) is 0 Å². The van der Waals surface area contributed by atoms with E-state index < -0.39 is 26.9 Å². The summed E-state index contributed by atoms with van der Waals surface area (Å²) in [5.41, 5.74) is 0.212. The number of aryl methyl sites for hydroxylation is 1. The van der Waals surface area contributed by atoms with Crippen LogP contribution in [0.5, 0.6) is 11.8 Å². The highest BCUT2D eigenvalue weighted by Crippen LogP contribution is 2.35. The Kier molecular flexibility index (Phi) is 7.71. The molecule has 0 aliphatic carbocycles. The second kappa shape index (κ2) is 10.8. The number of hydrogen-bond acceptors (Lipinski definition) is 12. The highest BCUT2D eigenvalue weighted by Gasteiger charge is 2.36. The summed E-state index contributed by atoms with van der Waals surface area (Å²) in [4.78, 5) is 16.5. The van der Waals surface area contributed by atoms with Crippen LogP contribution in [0.15, 0.2) is 35.3 Å². The predicted octanol–water partition coefficient (Wildman–Crippen LogP) is 2.78. The molecule has 0 aliphatic rings. The Balaban J connectivity index is 1.82. The molecule has 13 nitrogen and oxygen atoms in total. The Labute approximate surface area is 217 Å². The van der Waals surface area contributed by atoms with Gasteiger partial charge in [-0.05, 0) is 26.0 Å². The van der Waals surface area contributed by atoms with Crippen LogP contribution in [0, 0.1) is 6.92 Å². The monoisotopic (exact) mass is 549 g/mol. The van der Waals surface area contributed by atoms with Gasteiger partial charge in [0.2, 0.25) is 17.6 Å². The van der Waals surface area contributed by atoms with Gasteiger partial charge >= 0.3 is 0 Å². The lowest BCUT2D eigenvalue weighted by Crippen LogP contribution is -2.30. The second-order valence-electron chi connectivity index (χ2n) is 7.85. The van der Waals surface area contributed by atoms with Crippen molar-refractivity contribution < 1.29 is 27.0 Å². The number of nitrogens with zero attached hydrogens (tertiary/aromatic N) is 7. The van der Waals surface area contributed by atoms with Gasteiger partial charge in [0.15, 0.2) is 32.9 Å². The van der Waals surface area contributed by atoms with Crippen molar-refractivity contribution >= 4 is 21.4 Å². The fourth-order valence-electron chi connectivity index (χ4n) is 3.67. The summed E-state index contributed by atoms with van der Waals surface area (Å²) in [5.74, 6) is 1.11. The fraction of sp³-hybridized carbons (Fsp3) is 0.364. The lowest BCUT2D eigenvalue weighted by atomic mass is 10.2. The Morgan fingerprint density at radius 3 is 2.22 bits per heavy atom. The van der Waals surface area contributed by atoms with E-state index in [2.05, 4.69) is 30.1 Å². The maximum Gasteiger partial charge on any atom is 0.245 e. The van der Waals surface area contributed by atoms with Crippen molar-refractivity contribution in [2.45, 2.75) is 31.0 Å². The molecule has 0 N–H and O–H groups in total. The average molecular weight is 550 g/mol. The molecule has 0 saturated heterocycles. The van der Waals surface area contributed by atoms with Gasteiger partial charge in [0.1, 0.15) is 23.9 Å². The summed E-state index contributed by atoms with van der Waals surface area (Å²) in [6, 6.07) is 3.44. The standard InChI is InChI=1S/C22H24ClN7O6S/c1-12-6-7-15(36-12)20-29-28-16(30(20)17-21(34-4)26-11-27-22(17)35-5)10-37(31,32)13(2)18(33-3)19-24-8-14(23)9-25-19/h6-9,11,13,18H,10H2,1-5H3/t13-,18-/m0/s1. The maximum absolute atomic E-state index is 13.6. The minimum atomic E-state index is -3.93. The van der Waals surface area contributed by atoms with Crippen LogP contribution in [0.2, 0.25) is 5.02 Å². The number of aromatic nitrogens is 7. The number of rotatable bonds is 10. The van der Waals surface area contributed by atoms with Crippen molar-refractivity contribution in [2.24, 2.45) is 0 Å². The van der Waals surface area contributed by atoms with Crippen molar-refractivity contribution in [3.8, 4) is 29.0 Å². The van der Waals surface area contributed by atoms with Crippen LogP contribution in [0.3, 0.4) is 0 Å². The van der Waals surface area contributed by atoms with E-state index in [4.69, 9.17) is 30.2 Å². The average Bonchev–Trinajstić information content (AvgIpc) is 3.50. The number of ether oxygens (including phenoxy) is 3. The number of halogens is 1. The van der Waals surface area contributed by atoms with E-state index in [-0.39, 0.29) is 34.9 Å². The van der Waals surface area contributed by atoms with Gasteiger partial charge in [-0.25, -0.2) is 18.4 Å². The fourth-order valence-corrected chi connectivity index (χ4v) is 5.19. The minimum Gasteiger partial charge on any atom is -0.479 e. The number of sulfone groups is 1. The second-order valence-corrected chi connectivity index (χ2v) is 10.6. The van der Waals surface area contributed by atoms with Crippen LogP contribution in [0.4, 0.5) is 0 Å². The van der Waals surface area contributed by atoms with Gasteiger partial charge in [-0.15, -0.1) is 10.2 Å². The molecule has 196 valence electrons. The van der Waals surface area contributed by atoms with E-state index >= 15 is 0 Å². The molecule has 37 heavy (non-hydrogen) atoms. The molecule has 4 aromatic rings. The van der Waals surface area contributed by atoms with Crippen LogP contribution >= 0.6 is 11.6 Å². The first-order valence-electron chi connectivity index (χ1n) is 10.9. The lowest BCUT2D eigenvalue weighted by molar-refractivity contribution is 0.0948. The first kappa shape index (κ1) is 26.4. The molecule has 0 aliphatic heterocycles. The van der Waals surface area contributed by atoms with Crippen LogP contribution in [0.25, 0.3) is 17.3 Å². The molecule has 0 unspecified atom stereocenters. The molecular formula is C22H24ClN7O6S. The number of methoxy groups -OCH3 is 3. The van der Waals surface area contributed by atoms with E-state index in [0.717, 1.165) is 0 Å². The zero-order valence-electron chi connectivity index (χ0n) is 20.6. The molecule has 4 heterocycles. The van der Waals surface area contributed by atoms with Gasteiger partial charge < -0.3 is 18.6 Å². The quantitative estimate of drug-likeness (QED) is 0.285. The van der Waals surface area contributed by atoms with E-state index in [1.165, 1.54) is 51.5 Å². The Hall–Kier alpha value is -3.62. The summed E-state index contributed by atoms with van der Waals surface area (Å²) in [6.07, 6.45) is 3.04. The molecule has 4 aromatic heterocycles. The smallest absolute Gasteiger partial charge is 0.245 e. The summed E-state index contributed by atoms with van der Waals surface area (Å²) in [6.45, 7) is 3.28. The van der Waals surface area contributed by atoms with Crippen molar-refractivity contribution in [1.82, 2.24) is 34.7 Å². The first-order valence-corrected chi connectivity index (χ1v) is 13.0. The minimum absolute atomic E-state index is 0.0502. The highest BCUT2D eigenvalue weighted by atomic mass is 35.5. The third-order valence-corrected chi connectivity index (χ3v) is 7.76. The van der Waals surface area contributed by atoms with Gasteiger partial charge in [0.05, 0.1) is 24.5 Å². The zero-order valence-corrected chi connectivity index (χ0v) is 22.2. The SMILES string of the molecule is COc1ncnc(OC)c1-n1c(CS(=O)(=O)[C@@H](C)[C@H](OC)c2ncc(Cl)cn2)nnc1-c1ccc(C)o1. The molecule has 0 aromatic carbocycles. The molecule has 2 atom stereocenters. The summed E-state index contributed by atoms with van der Waals surface area (Å²) < 4.78 is 50.8. The van der Waals surface area contributed by atoms with Crippen molar-refractivity contribution in [2.75, 3.05) is 21.3 Å². The topological polar surface area (TPSA) is 157 Å². The number of hydrogen-bond donors (Lipinski definition) is 0. The largest absolute Gasteiger partial charge is 0.479 e. The van der Waals surface area contributed by atoms with E-state index in [9.17, 15) is 8.42 Å². The number of furan rings is 1. The summed E-state index contributed by atoms with van der Waals surface area (Å²) >= 11 is 5.88. The van der Waals surface area contributed by atoms with Crippen molar-refractivity contribution in [3.05, 3.63) is 53.3 Å². The van der Waals surface area contributed by atoms with Crippen LogP contribution < -0.4 is 9.47 Å². The molecule has 0 fully saturated rings.